The minimum absolute atomic E-state index is 0.0165. The molecule has 1 fully saturated rings. The van der Waals surface area contributed by atoms with E-state index in [0.717, 1.165) is 22.6 Å². The lowest BCUT2D eigenvalue weighted by Crippen LogP contribution is -2.57. The van der Waals surface area contributed by atoms with Crippen LogP contribution in [0.2, 0.25) is 5.02 Å². The molecule has 3 heterocycles. The predicted molar refractivity (Wildman–Crippen MR) is 153 cm³/mol. The van der Waals surface area contributed by atoms with E-state index in [4.69, 9.17) is 16.3 Å². The van der Waals surface area contributed by atoms with Crippen LogP contribution in [-0.4, -0.2) is 45.2 Å². The fourth-order valence-corrected chi connectivity index (χ4v) is 6.26. The lowest BCUT2D eigenvalue weighted by molar-refractivity contribution is -0.137. The maximum absolute atomic E-state index is 13.6. The summed E-state index contributed by atoms with van der Waals surface area (Å²) >= 11 is 7.70. The Kier molecular flexibility index (Phi) is 9.61. The molecular formula is C29H34ClF3N4O2S. The SMILES string of the molecule is CC[C@@H]1CC(N(Cc2cc(Cl)cc(C(F)(F)F)c2)c2ncc(-c3cccs3)cn2)C[C@H](CC)N1C(=O)OC(C)C. The zero-order valence-electron chi connectivity index (χ0n) is 23.0. The molecule has 0 N–H and O–H groups in total. The Hall–Kier alpha value is -2.85. The topological polar surface area (TPSA) is 58.6 Å². The number of likely N-dealkylation sites (tertiary alicyclic amines) is 1. The molecular weight excluding hydrogens is 561 g/mol. The number of amides is 1. The summed E-state index contributed by atoms with van der Waals surface area (Å²) in [6.45, 7) is 7.84. The summed E-state index contributed by atoms with van der Waals surface area (Å²) in [7, 11) is 0. The van der Waals surface area contributed by atoms with Gasteiger partial charge in [0.05, 0.1) is 11.7 Å². The predicted octanol–water partition coefficient (Wildman–Crippen LogP) is 8.45. The van der Waals surface area contributed by atoms with E-state index in [1.54, 1.807) is 29.8 Å². The zero-order chi connectivity index (χ0) is 29.0. The fraction of sp³-hybridized carbons (Fsp3) is 0.483. The molecule has 0 radical (unpaired) electrons. The van der Waals surface area contributed by atoms with E-state index in [0.29, 0.717) is 37.2 Å². The third-order valence-corrected chi connectivity index (χ3v) is 8.28. The third kappa shape index (κ3) is 7.07. The Morgan fingerprint density at radius 2 is 1.80 bits per heavy atom. The number of rotatable bonds is 8. The van der Waals surface area contributed by atoms with Gasteiger partial charge in [0.2, 0.25) is 5.95 Å². The van der Waals surface area contributed by atoms with Crippen molar-refractivity contribution in [2.24, 2.45) is 0 Å². The molecule has 1 unspecified atom stereocenters. The van der Waals surface area contributed by atoms with Crippen LogP contribution in [0.4, 0.5) is 23.9 Å². The van der Waals surface area contributed by atoms with Gasteiger partial charge < -0.3 is 14.5 Å². The van der Waals surface area contributed by atoms with Crippen molar-refractivity contribution in [2.75, 3.05) is 4.90 Å². The Labute approximate surface area is 242 Å². The van der Waals surface area contributed by atoms with Crippen molar-refractivity contribution in [2.45, 2.75) is 90.3 Å². The standard InChI is InChI=1S/C29H34ClF3N4O2S/c1-5-23-13-25(14-24(6-2)37(23)28(38)39-18(3)4)36(17-19-10-21(29(31,32)33)12-22(30)11-19)27-34-15-20(16-35-27)26-8-7-9-40-26/h7-12,15-16,18,23-25H,5-6,13-14,17H2,1-4H3/t23-,24+,25?. The second-order valence-electron chi connectivity index (χ2n) is 10.3. The molecule has 3 atom stereocenters. The average Bonchev–Trinajstić information content (AvgIpc) is 3.45. The maximum atomic E-state index is 13.6. The van der Waals surface area contributed by atoms with Gasteiger partial charge >= 0.3 is 12.3 Å². The molecule has 2 aromatic heterocycles. The zero-order valence-corrected chi connectivity index (χ0v) is 24.6. The van der Waals surface area contributed by atoms with Crippen LogP contribution < -0.4 is 4.90 Å². The maximum Gasteiger partial charge on any atom is 0.416 e. The second kappa shape index (κ2) is 12.8. The number of alkyl halides is 3. The van der Waals surface area contributed by atoms with E-state index >= 15 is 0 Å². The van der Waals surface area contributed by atoms with Crippen LogP contribution >= 0.6 is 22.9 Å². The Morgan fingerprint density at radius 1 is 1.15 bits per heavy atom. The summed E-state index contributed by atoms with van der Waals surface area (Å²) < 4.78 is 46.4. The molecule has 0 spiro atoms. The normalized spacial score (nSPS) is 19.6. The van der Waals surface area contributed by atoms with Gasteiger partial charge in [0.25, 0.3) is 0 Å². The van der Waals surface area contributed by atoms with Crippen LogP contribution in [0, 0.1) is 0 Å². The van der Waals surface area contributed by atoms with E-state index < -0.39 is 11.7 Å². The Morgan fingerprint density at radius 3 is 2.33 bits per heavy atom. The lowest BCUT2D eigenvalue weighted by Gasteiger charge is -2.47. The Balaban J connectivity index is 1.70. The number of anilines is 1. The van der Waals surface area contributed by atoms with Gasteiger partial charge in [-0.05, 0) is 74.7 Å². The molecule has 3 aromatic rings. The van der Waals surface area contributed by atoms with Crippen LogP contribution in [-0.2, 0) is 17.5 Å². The van der Waals surface area contributed by atoms with Crippen LogP contribution in [0.5, 0.6) is 0 Å². The molecule has 11 heteroatoms. The lowest BCUT2D eigenvalue weighted by atomic mass is 9.87. The number of benzene rings is 1. The van der Waals surface area contributed by atoms with E-state index in [1.807, 2.05) is 55.0 Å². The smallest absolute Gasteiger partial charge is 0.416 e. The van der Waals surface area contributed by atoms with Crippen LogP contribution in [0.3, 0.4) is 0 Å². The van der Waals surface area contributed by atoms with Gasteiger partial charge in [0.1, 0.15) is 0 Å². The monoisotopic (exact) mass is 594 g/mol. The molecule has 1 saturated heterocycles. The molecule has 1 aliphatic rings. The first kappa shape index (κ1) is 30.1. The number of hydrogen-bond donors (Lipinski definition) is 0. The van der Waals surface area contributed by atoms with E-state index in [9.17, 15) is 18.0 Å². The highest BCUT2D eigenvalue weighted by Crippen LogP contribution is 2.36. The molecule has 1 aliphatic heterocycles. The molecule has 0 bridgehead atoms. The number of hydrogen-bond acceptors (Lipinski definition) is 6. The van der Waals surface area contributed by atoms with Crippen LogP contribution in [0.15, 0.2) is 48.1 Å². The molecule has 0 saturated carbocycles. The van der Waals surface area contributed by atoms with Gasteiger partial charge in [0.15, 0.2) is 0 Å². The van der Waals surface area contributed by atoms with Crippen LogP contribution in [0.1, 0.15) is 64.5 Å². The second-order valence-corrected chi connectivity index (χ2v) is 11.7. The number of piperidine rings is 1. The number of carbonyl (C=O) groups is 1. The number of carbonyl (C=O) groups excluding carboxylic acids is 1. The van der Waals surface area contributed by atoms with Crippen molar-refractivity contribution in [3.63, 3.8) is 0 Å². The summed E-state index contributed by atoms with van der Waals surface area (Å²) in [6.07, 6.45) is 1.01. The first-order chi connectivity index (χ1) is 19.0. The summed E-state index contributed by atoms with van der Waals surface area (Å²) in [5, 5.41) is 1.99. The summed E-state index contributed by atoms with van der Waals surface area (Å²) in [5.41, 5.74) is 0.478. The summed E-state index contributed by atoms with van der Waals surface area (Å²) in [4.78, 5) is 27.2. The van der Waals surface area contributed by atoms with Crippen LogP contribution in [0.25, 0.3) is 10.4 Å². The average molecular weight is 595 g/mol. The first-order valence-electron chi connectivity index (χ1n) is 13.5. The molecule has 1 aromatic carbocycles. The highest BCUT2D eigenvalue weighted by molar-refractivity contribution is 7.13. The summed E-state index contributed by atoms with van der Waals surface area (Å²) in [5.74, 6) is 0.418. The minimum Gasteiger partial charge on any atom is -0.447 e. The van der Waals surface area contributed by atoms with E-state index in [2.05, 4.69) is 9.97 Å². The highest BCUT2D eigenvalue weighted by atomic mass is 35.5. The van der Waals surface area contributed by atoms with Gasteiger partial charge in [-0.25, -0.2) is 14.8 Å². The largest absolute Gasteiger partial charge is 0.447 e. The summed E-state index contributed by atoms with van der Waals surface area (Å²) in [6, 6.07) is 7.21. The Bertz CT molecular complexity index is 1260. The van der Waals surface area contributed by atoms with Crippen molar-refractivity contribution in [3.8, 4) is 10.4 Å². The van der Waals surface area contributed by atoms with Gasteiger partial charge in [0, 0.05) is 52.5 Å². The molecule has 216 valence electrons. The van der Waals surface area contributed by atoms with Gasteiger partial charge in [-0.1, -0.05) is 31.5 Å². The molecule has 1 amide bonds. The fourth-order valence-electron chi connectivity index (χ4n) is 5.30. The van der Waals surface area contributed by atoms with Crippen molar-refractivity contribution >= 4 is 35.0 Å². The number of aromatic nitrogens is 2. The molecule has 6 nitrogen and oxygen atoms in total. The van der Waals surface area contributed by atoms with E-state index in [1.165, 1.54) is 0 Å². The first-order valence-corrected chi connectivity index (χ1v) is 14.7. The van der Waals surface area contributed by atoms with Crippen molar-refractivity contribution in [1.29, 1.82) is 0 Å². The number of halogens is 4. The van der Waals surface area contributed by atoms with E-state index in [-0.39, 0.29) is 41.9 Å². The number of thiophene rings is 1. The number of ether oxygens (including phenoxy) is 1. The highest BCUT2D eigenvalue weighted by Gasteiger charge is 2.41. The quantitative estimate of drug-likeness (QED) is 0.262. The van der Waals surface area contributed by atoms with Crippen molar-refractivity contribution < 1.29 is 22.7 Å². The molecule has 40 heavy (non-hydrogen) atoms. The van der Waals surface area contributed by atoms with Crippen molar-refractivity contribution in [3.05, 3.63) is 64.3 Å². The number of nitrogens with zero attached hydrogens (tertiary/aromatic N) is 4. The van der Waals surface area contributed by atoms with Gasteiger partial charge in [-0.3, -0.25) is 0 Å². The molecule has 0 aliphatic carbocycles. The third-order valence-electron chi connectivity index (χ3n) is 7.14. The van der Waals surface area contributed by atoms with Gasteiger partial charge in [-0.15, -0.1) is 11.3 Å². The van der Waals surface area contributed by atoms with Gasteiger partial charge in [-0.2, -0.15) is 13.2 Å². The molecule has 4 rings (SSSR count). The van der Waals surface area contributed by atoms with Crippen molar-refractivity contribution in [1.82, 2.24) is 14.9 Å². The minimum atomic E-state index is -4.52.